The molecule has 0 N–H and O–H groups in total. The normalized spacial score (nSPS) is 20.2. The van der Waals surface area contributed by atoms with Crippen molar-refractivity contribution in [3.8, 4) is 0 Å². The van der Waals surface area contributed by atoms with Crippen molar-refractivity contribution in [2.24, 2.45) is 5.10 Å². The first kappa shape index (κ1) is 11.6. The van der Waals surface area contributed by atoms with E-state index in [0.29, 0.717) is 5.90 Å². The van der Waals surface area contributed by atoms with Crippen LogP contribution in [0.15, 0.2) is 77.1 Å². The van der Waals surface area contributed by atoms with Crippen molar-refractivity contribution in [1.29, 1.82) is 0 Å². The lowest BCUT2D eigenvalue weighted by Gasteiger charge is -2.17. The Morgan fingerprint density at radius 1 is 0.950 bits per heavy atom. The largest absolute Gasteiger partial charge is 0.418 e. The van der Waals surface area contributed by atoms with Crippen molar-refractivity contribution in [3.05, 3.63) is 83.1 Å². The highest BCUT2D eigenvalue weighted by atomic mass is 32.2. The van der Waals surface area contributed by atoms with Crippen molar-refractivity contribution in [1.82, 2.24) is 5.01 Å². The molecule has 98 valence electrons. The molecule has 1 atom stereocenters. The zero-order chi connectivity index (χ0) is 13.4. The molecule has 0 radical (unpaired) electrons. The SMILES string of the molecule is C1=C2OC(c3ccccc3)=NN2C(c2ccccc2)S1. The molecule has 1 unspecified atom stereocenters. The molecule has 0 saturated heterocycles. The Kier molecular flexibility index (Phi) is 2.74. The molecule has 2 aliphatic heterocycles. The van der Waals surface area contributed by atoms with Gasteiger partial charge in [-0.05, 0) is 17.7 Å². The summed E-state index contributed by atoms with van der Waals surface area (Å²) in [6, 6.07) is 20.3. The van der Waals surface area contributed by atoms with Crippen LogP contribution in [-0.4, -0.2) is 10.9 Å². The molecule has 0 aromatic heterocycles. The van der Waals surface area contributed by atoms with Crippen LogP contribution in [0.1, 0.15) is 16.5 Å². The first-order chi connectivity index (χ1) is 9.92. The van der Waals surface area contributed by atoms with Crippen LogP contribution in [0.5, 0.6) is 0 Å². The van der Waals surface area contributed by atoms with Gasteiger partial charge >= 0.3 is 0 Å². The quantitative estimate of drug-likeness (QED) is 0.833. The highest BCUT2D eigenvalue weighted by Crippen LogP contribution is 2.45. The Hall–Kier alpha value is -2.20. The van der Waals surface area contributed by atoms with Crippen molar-refractivity contribution in [3.63, 3.8) is 0 Å². The first-order valence-electron chi connectivity index (χ1n) is 6.43. The smallest absolute Gasteiger partial charge is 0.245 e. The van der Waals surface area contributed by atoms with E-state index in [0.717, 1.165) is 11.4 Å². The molecule has 0 fully saturated rings. The molecule has 3 nitrogen and oxygen atoms in total. The number of hydrazone groups is 1. The molecular formula is C16H12N2OS. The van der Waals surface area contributed by atoms with Crippen LogP contribution < -0.4 is 0 Å². The summed E-state index contributed by atoms with van der Waals surface area (Å²) >= 11 is 1.72. The van der Waals surface area contributed by atoms with Crippen LogP contribution in [0.2, 0.25) is 0 Å². The van der Waals surface area contributed by atoms with Gasteiger partial charge in [-0.25, -0.2) is 5.01 Å². The molecule has 2 aromatic carbocycles. The van der Waals surface area contributed by atoms with E-state index in [1.807, 2.05) is 58.9 Å². The van der Waals surface area contributed by atoms with Crippen molar-refractivity contribution >= 4 is 17.7 Å². The van der Waals surface area contributed by atoms with E-state index in [9.17, 15) is 0 Å². The summed E-state index contributed by atoms with van der Waals surface area (Å²) in [5, 5.41) is 8.75. The second-order valence-corrected chi connectivity index (χ2v) is 5.53. The lowest BCUT2D eigenvalue weighted by atomic mass is 10.2. The Morgan fingerprint density at radius 2 is 1.65 bits per heavy atom. The highest BCUT2D eigenvalue weighted by Gasteiger charge is 2.35. The Morgan fingerprint density at radius 3 is 2.40 bits per heavy atom. The van der Waals surface area contributed by atoms with E-state index >= 15 is 0 Å². The van der Waals surface area contributed by atoms with Crippen LogP contribution in [0.4, 0.5) is 0 Å². The molecule has 4 heteroatoms. The van der Waals surface area contributed by atoms with Gasteiger partial charge in [-0.3, -0.25) is 0 Å². The number of thioether (sulfide) groups is 1. The minimum Gasteiger partial charge on any atom is -0.418 e. The zero-order valence-corrected chi connectivity index (χ0v) is 11.5. The molecule has 0 bridgehead atoms. The van der Waals surface area contributed by atoms with Crippen LogP contribution >= 0.6 is 11.8 Å². The lowest BCUT2D eigenvalue weighted by molar-refractivity contribution is 0.265. The van der Waals surface area contributed by atoms with Crippen molar-refractivity contribution in [2.75, 3.05) is 0 Å². The Labute approximate surface area is 121 Å². The summed E-state index contributed by atoms with van der Waals surface area (Å²) in [7, 11) is 0. The van der Waals surface area contributed by atoms with Gasteiger partial charge in [0.1, 0.15) is 5.37 Å². The predicted molar refractivity (Wildman–Crippen MR) is 80.8 cm³/mol. The van der Waals surface area contributed by atoms with Crippen LogP contribution in [0, 0.1) is 0 Å². The average Bonchev–Trinajstić information content (AvgIpc) is 3.09. The highest BCUT2D eigenvalue weighted by molar-refractivity contribution is 8.02. The number of hydrogen-bond acceptors (Lipinski definition) is 4. The van der Waals surface area contributed by atoms with Gasteiger partial charge in [-0.2, -0.15) is 0 Å². The van der Waals surface area contributed by atoms with Gasteiger partial charge in [0.25, 0.3) is 0 Å². The molecule has 2 aromatic rings. The molecule has 2 heterocycles. The zero-order valence-electron chi connectivity index (χ0n) is 10.6. The van der Waals surface area contributed by atoms with Gasteiger partial charge in [0.15, 0.2) is 0 Å². The lowest BCUT2D eigenvalue weighted by Crippen LogP contribution is -2.12. The summed E-state index contributed by atoms with van der Waals surface area (Å²) in [5.41, 5.74) is 2.23. The third-order valence-corrected chi connectivity index (χ3v) is 4.32. The average molecular weight is 280 g/mol. The number of benzene rings is 2. The number of rotatable bonds is 2. The van der Waals surface area contributed by atoms with E-state index in [-0.39, 0.29) is 5.37 Å². The van der Waals surface area contributed by atoms with Crippen molar-refractivity contribution < 1.29 is 4.74 Å². The molecule has 0 saturated carbocycles. The van der Waals surface area contributed by atoms with E-state index < -0.39 is 0 Å². The maximum Gasteiger partial charge on any atom is 0.245 e. The Balaban J connectivity index is 1.66. The van der Waals surface area contributed by atoms with Gasteiger partial charge in [0, 0.05) is 11.0 Å². The topological polar surface area (TPSA) is 24.8 Å². The minimum absolute atomic E-state index is 0.160. The van der Waals surface area contributed by atoms with Gasteiger partial charge in [0.05, 0.1) is 0 Å². The molecule has 20 heavy (non-hydrogen) atoms. The first-order valence-corrected chi connectivity index (χ1v) is 7.38. The maximum absolute atomic E-state index is 5.84. The summed E-state index contributed by atoms with van der Waals surface area (Å²) in [5.74, 6) is 1.47. The van der Waals surface area contributed by atoms with Crippen LogP contribution in [0.3, 0.4) is 0 Å². The van der Waals surface area contributed by atoms with E-state index in [4.69, 9.17) is 4.74 Å². The van der Waals surface area contributed by atoms with E-state index in [1.165, 1.54) is 5.56 Å². The van der Waals surface area contributed by atoms with E-state index in [1.54, 1.807) is 11.8 Å². The summed E-state index contributed by atoms with van der Waals surface area (Å²) < 4.78 is 5.84. The van der Waals surface area contributed by atoms with Crippen molar-refractivity contribution in [2.45, 2.75) is 5.37 Å². The fraction of sp³-hybridized carbons (Fsp3) is 0.0625. The molecule has 2 aliphatic rings. The minimum atomic E-state index is 0.160. The fourth-order valence-electron chi connectivity index (χ4n) is 2.27. The molecule has 0 aliphatic carbocycles. The van der Waals surface area contributed by atoms with Gasteiger partial charge in [-0.15, -0.1) is 5.10 Å². The second kappa shape index (κ2) is 4.72. The van der Waals surface area contributed by atoms with Gasteiger partial charge in [0.2, 0.25) is 11.8 Å². The second-order valence-electron chi connectivity index (χ2n) is 4.57. The summed E-state index contributed by atoms with van der Waals surface area (Å²) in [6.07, 6.45) is 0. The number of nitrogens with zero attached hydrogens (tertiary/aromatic N) is 2. The number of ether oxygens (including phenoxy) is 1. The summed E-state index contributed by atoms with van der Waals surface area (Å²) in [6.45, 7) is 0. The van der Waals surface area contributed by atoms with Gasteiger partial charge < -0.3 is 4.74 Å². The fourth-order valence-corrected chi connectivity index (χ4v) is 3.26. The molecule has 0 amide bonds. The monoisotopic (exact) mass is 280 g/mol. The maximum atomic E-state index is 5.84. The standard InChI is InChI=1S/C16H12N2OS/c1-3-7-12(8-4-1)15-17-18-14(19-15)11-20-16(18)13-9-5-2-6-10-13/h1-11,16H. The van der Waals surface area contributed by atoms with Crippen LogP contribution in [0.25, 0.3) is 0 Å². The molecular weight excluding hydrogens is 268 g/mol. The third kappa shape index (κ3) is 1.89. The number of hydrogen-bond donors (Lipinski definition) is 0. The van der Waals surface area contributed by atoms with Gasteiger partial charge in [-0.1, -0.05) is 60.3 Å². The van der Waals surface area contributed by atoms with Crippen LogP contribution in [-0.2, 0) is 4.74 Å². The number of fused-ring (bicyclic) bond motifs is 1. The predicted octanol–water partition coefficient (Wildman–Crippen LogP) is 3.92. The summed E-state index contributed by atoms with van der Waals surface area (Å²) in [4.78, 5) is 0. The molecule has 0 spiro atoms. The molecule has 4 rings (SSSR count). The van der Waals surface area contributed by atoms with E-state index in [2.05, 4.69) is 17.2 Å². The third-order valence-electron chi connectivity index (χ3n) is 3.25. The Bertz CT molecular complexity index is 682.